The molecular formula is C23H24N2O2. The zero-order valence-corrected chi connectivity index (χ0v) is 15.9. The van der Waals surface area contributed by atoms with Crippen LogP contribution in [0.3, 0.4) is 0 Å². The minimum Gasteiger partial charge on any atom is -0.497 e. The molecule has 4 nitrogen and oxygen atoms in total. The second kappa shape index (κ2) is 7.39. The molecule has 0 bridgehead atoms. The first-order chi connectivity index (χ1) is 13.2. The van der Waals surface area contributed by atoms with E-state index in [1.165, 1.54) is 5.56 Å². The number of ether oxygens (including phenoxy) is 1. The normalized spacial score (nSPS) is 13.9. The van der Waals surface area contributed by atoms with Crippen molar-refractivity contribution >= 4 is 22.4 Å². The van der Waals surface area contributed by atoms with Crippen LogP contribution in [0.15, 0.2) is 48.7 Å². The highest BCUT2D eigenvalue weighted by atomic mass is 16.5. The van der Waals surface area contributed by atoms with E-state index in [2.05, 4.69) is 16.8 Å². The predicted molar refractivity (Wildman–Crippen MR) is 109 cm³/mol. The van der Waals surface area contributed by atoms with Gasteiger partial charge in [0.05, 0.1) is 23.9 Å². The molecule has 0 N–H and O–H groups in total. The van der Waals surface area contributed by atoms with Crippen molar-refractivity contribution in [1.82, 2.24) is 4.98 Å². The summed E-state index contributed by atoms with van der Waals surface area (Å²) in [5.74, 6) is 0.804. The number of hydrogen-bond donors (Lipinski definition) is 0. The molecule has 27 heavy (non-hydrogen) atoms. The number of rotatable bonds is 5. The minimum atomic E-state index is 0.0248. The summed E-state index contributed by atoms with van der Waals surface area (Å²) in [5, 5.41) is 0.979. The summed E-state index contributed by atoms with van der Waals surface area (Å²) >= 11 is 0. The molecule has 4 heteroatoms. The molecular weight excluding hydrogens is 336 g/mol. The van der Waals surface area contributed by atoms with Crippen molar-refractivity contribution in [3.8, 4) is 5.75 Å². The van der Waals surface area contributed by atoms with Crippen LogP contribution in [0.25, 0.3) is 10.9 Å². The number of carbonyl (C=O) groups excluding carboxylic acids is 1. The molecule has 1 fully saturated rings. The first kappa shape index (κ1) is 17.5. The SMILES string of the molecule is CCc1ccc(C(=O)c2cnc3ccc(OC)cc3c2N2CCCC2)cc1. The smallest absolute Gasteiger partial charge is 0.196 e. The van der Waals surface area contributed by atoms with Crippen LogP contribution < -0.4 is 9.64 Å². The summed E-state index contributed by atoms with van der Waals surface area (Å²) in [4.78, 5) is 20.2. The van der Waals surface area contributed by atoms with E-state index in [4.69, 9.17) is 4.74 Å². The first-order valence-corrected chi connectivity index (χ1v) is 9.56. The van der Waals surface area contributed by atoms with Gasteiger partial charge in [0.15, 0.2) is 5.78 Å². The molecule has 4 rings (SSSR count). The molecule has 0 saturated carbocycles. The fourth-order valence-corrected chi connectivity index (χ4v) is 3.78. The molecule has 0 aliphatic carbocycles. The van der Waals surface area contributed by atoms with Gasteiger partial charge in [-0.2, -0.15) is 0 Å². The number of hydrogen-bond acceptors (Lipinski definition) is 4. The molecule has 1 aliphatic rings. The number of anilines is 1. The fourth-order valence-electron chi connectivity index (χ4n) is 3.78. The number of carbonyl (C=O) groups is 1. The van der Waals surface area contributed by atoms with Gasteiger partial charge in [-0.25, -0.2) is 0 Å². The topological polar surface area (TPSA) is 42.4 Å². The fraction of sp³-hybridized carbons (Fsp3) is 0.304. The van der Waals surface area contributed by atoms with Crippen LogP contribution in [0, 0.1) is 0 Å². The molecule has 3 aromatic rings. The lowest BCUT2D eigenvalue weighted by molar-refractivity contribution is 0.103. The third-order valence-corrected chi connectivity index (χ3v) is 5.34. The molecule has 2 heterocycles. The highest BCUT2D eigenvalue weighted by Crippen LogP contribution is 2.35. The van der Waals surface area contributed by atoms with E-state index in [0.29, 0.717) is 11.1 Å². The van der Waals surface area contributed by atoms with Crippen LogP contribution in [0.5, 0.6) is 5.75 Å². The van der Waals surface area contributed by atoms with E-state index in [-0.39, 0.29) is 5.78 Å². The second-order valence-corrected chi connectivity index (χ2v) is 6.98. The van der Waals surface area contributed by atoms with Crippen molar-refractivity contribution in [3.63, 3.8) is 0 Å². The molecule has 0 spiro atoms. The Balaban J connectivity index is 1.87. The van der Waals surface area contributed by atoms with Crippen LogP contribution >= 0.6 is 0 Å². The number of nitrogens with zero attached hydrogens (tertiary/aromatic N) is 2. The molecule has 0 atom stereocenters. The molecule has 1 saturated heterocycles. The number of aromatic nitrogens is 1. The van der Waals surface area contributed by atoms with Crippen molar-refractivity contribution in [2.24, 2.45) is 0 Å². The minimum absolute atomic E-state index is 0.0248. The molecule has 138 valence electrons. The Morgan fingerprint density at radius 2 is 1.85 bits per heavy atom. The Hall–Kier alpha value is -2.88. The summed E-state index contributed by atoms with van der Waals surface area (Å²) in [6.45, 7) is 4.04. The van der Waals surface area contributed by atoms with E-state index in [0.717, 1.165) is 54.7 Å². The van der Waals surface area contributed by atoms with E-state index in [9.17, 15) is 4.79 Å². The average molecular weight is 360 g/mol. The number of methoxy groups -OCH3 is 1. The maximum Gasteiger partial charge on any atom is 0.196 e. The Morgan fingerprint density at radius 1 is 1.11 bits per heavy atom. The highest BCUT2D eigenvalue weighted by molar-refractivity contribution is 6.16. The number of ketones is 1. The van der Waals surface area contributed by atoms with Crippen LogP contribution in [0.1, 0.15) is 41.3 Å². The molecule has 0 unspecified atom stereocenters. The monoisotopic (exact) mass is 360 g/mol. The van der Waals surface area contributed by atoms with Crippen LogP contribution in [-0.2, 0) is 6.42 Å². The van der Waals surface area contributed by atoms with Crippen molar-refractivity contribution in [2.75, 3.05) is 25.1 Å². The summed E-state index contributed by atoms with van der Waals surface area (Å²) in [6.07, 6.45) is 4.99. The summed E-state index contributed by atoms with van der Waals surface area (Å²) < 4.78 is 5.42. The van der Waals surface area contributed by atoms with Gasteiger partial charge in [0, 0.05) is 30.2 Å². The maximum atomic E-state index is 13.3. The summed E-state index contributed by atoms with van der Waals surface area (Å²) in [5.41, 5.74) is 4.47. The third-order valence-electron chi connectivity index (χ3n) is 5.34. The van der Waals surface area contributed by atoms with Crippen LogP contribution in [0.4, 0.5) is 5.69 Å². The number of benzene rings is 2. The van der Waals surface area contributed by atoms with Gasteiger partial charge in [0.2, 0.25) is 0 Å². The van der Waals surface area contributed by atoms with Crippen LogP contribution in [-0.4, -0.2) is 31.0 Å². The zero-order chi connectivity index (χ0) is 18.8. The van der Waals surface area contributed by atoms with Gasteiger partial charge in [0.25, 0.3) is 0 Å². The molecule has 1 aliphatic heterocycles. The van der Waals surface area contributed by atoms with Gasteiger partial charge in [-0.1, -0.05) is 31.2 Å². The summed E-state index contributed by atoms with van der Waals surface area (Å²) in [7, 11) is 1.66. The summed E-state index contributed by atoms with van der Waals surface area (Å²) in [6, 6.07) is 13.8. The zero-order valence-electron chi connectivity index (χ0n) is 15.9. The molecule has 0 amide bonds. The lowest BCUT2D eigenvalue weighted by Crippen LogP contribution is -2.21. The van der Waals surface area contributed by atoms with E-state index < -0.39 is 0 Å². The van der Waals surface area contributed by atoms with Crippen molar-refractivity contribution in [3.05, 3.63) is 65.4 Å². The van der Waals surface area contributed by atoms with Gasteiger partial charge in [-0.15, -0.1) is 0 Å². The van der Waals surface area contributed by atoms with Crippen LogP contribution in [0.2, 0.25) is 0 Å². The lowest BCUT2D eigenvalue weighted by atomic mass is 9.98. The first-order valence-electron chi connectivity index (χ1n) is 9.56. The number of fused-ring (bicyclic) bond motifs is 1. The molecule has 0 radical (unpaired) electrons. The number of aryl methyl sites for hydroxylation is 1. The highest BCUT2D eigenvalue weighted by Gasteiger charge is 2.24. The van der Waals surface area contributed by atoms with E-state index >= 15 is 0 Å². The van der Waals surface area contributed by atoms with E-state index in [1.807, 2.05) is 42.5 Å². The van der Waals surface area contributed by atoms with Gasteiger partial charge in [0.1, 0.15) is 5.75 Å². The van der Waals surface area contributed by atoms with Gasteiger partial charge < -0.3 is 9.64 Å². The maximum absolute atomic E-state index is 13.3. The Labute approximate surface area is 159 Å². The van der Waals surface area contributed by atoms with Crippen molar-refractivity contribution in [2.45, 2.75) is 26.2 Å². The Morgan fingerprint density at radius 3 is 2.52 bits per heavy atom. The van der Waals surface area contributed by atoms with Gasteiger partial charge in [-0.3, -0.25) is 9.78 Å². The van der Waals surface area contributed by atoms with Crippen molar-refractivity contribution < 1.29 is 9.53 Å². The Kier molecular flexibility index (Phi) is 4.80. The second-order valence-electron chi connectivity index (χ2n) is 6.98. The largest absolute Gasteiger partial charge is 0.497 e. The molecule has 1 aromatic heterocycles. The van der Waals surface area contributed by atoms with Gasteiger partial charge >= 0.3 is 0 Å². The van der Waals surface area contributed by atoms with E-state index in [1.54, 1.807) is 13.3 Å². The average Bonchev–Trinajstić information content (AvgIpc) is 3.26. The standard InChI is InChI=1S/C23H24N2O2/c1-3-16-6-8-17(9-7-16)23(26)20-15-24-21-11-10-18(27-2)14-19(21)22(20)25-12-4-5-13-25/h6-11,14-15H,3-5,12-13H2,1-2H3. The molecule has 2 aromatic carbocycles. The van der Waals surface area contributed by atoms with Crippen molar-refractivity contribution in [1.29, 1.82) is 0 Å². The third kappa shape index (κ3) is 3.27. The Bertz CT molecular complexity index is 974. The quantitative estimate of drug-likeness (QED) is 0.622. The van der Waals surface area contributed by atoms with Gasteiger partial charge in [-0.05, 0) is 43.0 Å². The lowest BCUT2D eigenvalue weighted by Gasteiger charge is -2.23. The predicted octanol–water partition coefficient (Wildman–Crippen LogP) is 4.64. The number of pyridine rings is 1.